The molecule has 1 aliphatic heterocycles. The Hall–Kier alpha value is -2.23. The highest BCUT2D eigenvalue weighted by molar-refractivity contribution is 5.94. The molecule has 1 radical (unpaired) electrons. The first kappa shape index (κ1) is 16.6. The maximum atomic E-state index is 12.6. The molecule has 3 rings (SSSR count). The van der Waals surface area contributed by atoms with E-state index < -0.39 is 0 Å². The van der Waals surface area contributed by atoms with Crippen molar-refractivity contribution in [2.45, 2.75) is 39.7 Å². The van der Waals surface area contributed by atoms with E-state index in [1.165, 1.54) is 17.4 Å². The Balaban J connectivity index is 1.75. The van der Waals surface area contributed by atoms with Crippen molar-refractivity contribution in [3.8, 4) is 0 Å². The highest BCUT2D eigenvalue weighted by Gasteiger charge is 2.29. The van der Waals surface area contributed by atoms with E-state index in [1.54, 1.807) is 12.3 Å². The van der Waals surface area contributed by atoms with Gasteiger partial charge >= 0.3 is 0 Å². The lowest BCUT2D eigenvalue weighted by Gasteiger charge is -2.41. The minimum absolute atomic E-state index is 0.0481. The van der Waals surface area contributed by atoms with Gasteiger partial charge in [0.1, 0.15) is 6.26 Å². The van der Waals surface area contributed by atoms with Gasteiger partial charge in [-0.15, -0.1) is 0 Å². The van der Waals surface area contributed by atoms with Crippen molar-refractivity contribution in [1.29, 1.82) is 0 Å². The van der Waals surface area contributed by atoms with E-state index in [1.807, 2.05) is 4.90 Å². The molecule has 2 aromatic rings. The lowest BCUT2D eigenvalue weighted by atomic mass is 9.99. The molecule has 1 amide bonds. The minimum Gasteiger partial charge on any atom is -0.472 e. The summed E-state index contributed by atoms with van der Waals surface area (Å²) in [6, 6.07) is 9.82. The molecule has 127 valence electrons. The van der Waals surface area contributed by atoms with Crippen LogP contribution in [0.4, 0.5) is 5.69 Å². The summed E-state index contributed by atoms with van der Waals surface area (Å²) in [6.45, 7) is 11.0. The minimum atomic E-state index is 0.0481. The van der Waals surface area contributed by atoms with E-state index in [9.17, 15) is 4.79 Å². The molecule has 24 heavy (non-hydrogen) atoms. The van der Waals surface area contributed by atoms with Crippen LogP contribution in [0.15, 0.2) is 35.1 Å². The van der Waals surface area contributed by atoms with Gasteiger partial charge in [0.15, 0.2) is 0 Å². The highest BCUT2D eigenvalue weighted by atomic mass is 16.3. The third-order valence-corrected chi connectivity index (χ3v) is 4.64. The number of carbonyl (C=O) groups is 1. The smallest absolute Gasteiger partial charge is 0.257 e. The van der Waals surface area contributed by atoms with Crippen LogP contribution in [0.2, 0.25) is 0 Å². The van der Waals surface area contributed by atoms with Crippen molar-refractivity contribution >= 4 is 11.6 Å². The second-order valence-electron chi connectivity index (χ2n) is 6.96. The molecule has 1 atom stereocenters. The Kier molecular flexibility index (Phi) is 4.65. The van der Waals surface area contributed by atoms with Crippen molar-refractivity contribution in [3.05, 3.63) is 53.5 Å². The summed E-state index contributed by atoms with van der Waals surface area (Å²) in [5.41, 5.74) is 4.27. The van der Waals surface area contributed by atoms with Crippen LogP contribution in [0.25, 0.3) is 0 Å². The van der Waals surface area contributed by atoms with Crippen LogP contribution in [0.3, 0.4) is 0 Å². The third-order valence-electron chi connectivity index (χ3n) is 4.64. The molecule has 1 aliphatic rings. The second-order valence-corrected chi connectivity index (χ2v) is 6.96. The maximum Gasteiger partial charge on any atom is 0.257 e. The number of rotatable bonds is 3. The summed E-state index contributed by atoms with van der Waals surface area (Å²) in [5.74, 6) is 0.511. The van der Waals surface area contributed by atoms with Crippen molar-refractivity contribution < 1.29 is 9.21 Å². The largest absolute Gasteiger partial charge is 0.472 e. The number of anilines is 1. The Morgan fingerprint density at radius 2 is 2.12 bits per heavy atom. The van der Waals surface area contributed by atoms with Gasteiger partial charge in [0.2, 0.25) is 0 Å². The first-order valence-corrected chi connectivity index (χ1v) is 8.57. The Morgan fingerprint density at radius 1 is 1.33 bits per heavy atom. The first-order chi connectivity index (χ1) is 11.5. The van der Waals surface area contributed by atoms with Crippen molar-refractivity contribution in [1.82, 2.24) is 4.90 Å². The van der Waals surface area contributed by atoms with Crippen LogP contribution in [0.1, 0.15) is 48.2 Å². The molecular formula is C20H25N2O2. The van der Waals surface area contributed by atoms with Gasteiger partial charge in [-0.25, -0.2) is 0 Å². The molecule has 0 aliphatic carbocycles. The number of piperazine rings is 1. The topological polar surface area (TPSA) is 36.7 Å². The molecule has 0 bridgehead atoms. The standard InChI is InChI=1S/C20H25N2O2/c1-14(2)18-9-15(3)10-19(11-18)21-6-7-22(16(4)12-21)20(23)17-5-8-24-13-17/h5,8-10,13-14,16H,6-7,12H2,1-4H3/t16-/m1/s1. The predicted octanol–water partition coefficient (Wildman–Crippen LogP) is 3.86. The van der Waals surface area contributed by atoms with E-state index in [4.69, 9.17) is 4.42 Å². The van der Waals surface area contributed by atoms with Crippen molar-refractivity contribution in [3.63, 3.8) is 0 Å². The molecule has 1 aromatic carbocycles. The molecule has 1 aromatic heterocycles. The normalized spacial score (nSPS) is 18.3. The van der Waals surface area contributed by atoms with Crippen LogP contribution in [0.5, 0.6) is 0 Å². The molecule has 0 saturated carbocycles. The maximum absolute atomic E-state index is 12.6. The van der Waals surface area contributed by atoms with Gasteiger partial charge in [-0.05, 0) is 43.0 Å². The highest BCUT2D eigenvalue weighted by Crippen LogP contribution is 2.26. The van der Waals surface area contributed by atoms with Crippen LogP contribution in [-0.4, -0.2) is 36.5 Å². The fraction of sp³-hybridized carbons (Fsp3) is 0.450. The van der Waals surface area contributed by atoms with Gasteiger partial charge in [-0.3, -0.25) is 4.79 Å². The lowest BCUT2D eigenvalue weighted by Crippen LogP contribution is -2.54. The second kappa shape index (κ2) is 6.71. The number of aryl methyl sites for hydroxylation is 1. The first-order valence-electron chi connectivity index (χ1n) is 8.57. The van der Waals surface area contributed by atoms with Gasteiger partial charge < -0.3 is 14.2 Å². The van der Waals surface area contributed by atoms with Crippen LogP contribution in [-0.2, 0) is 0 Å². The quantitative estimate of drug-likeness (QED) is 0.860. The fourth-order valence-corrected chi connectivity index (χ4v) is 3.23. The number of furan rings is 1. The molecule has 0 spiro atoms. The van der Waals surface area contributed by atoms with Crippen molar-refractivity contribution in [2.24, 2.45) is 0 Å². The summed E-state index contributed by atoms with van der Waals surface area (Å²) in [7, 11) is 0. The summed E-state index contributed by atoms with van der Waals surface area (Å²) in [4.78, 5) is 16.8. The molecule has 1 fully saturated rings. The van der Waals surface area contributed by atoms with Gasteiger partial charge in [-0.2, -0.15) is 0 Å². The van der Waals surface area contributed by atoms with Gasteiger partial charge in [-0.1, -0.05) is 19.9 Å². The SMILES string of the molecule is Cc1cc(C(C)C)[c]c(N2CCN(C(=O)c3ccoc3)[C@H](C)C2)c1. The Morgan fingerprint density at radius 3 is 2.75 bits per heavy atom. The average molecular weight is 325 g/mol. The molecular weight excluding hydrogens is 300 g/mol. The van der Waals surface area contributed by atoms with E-state index in [-0.39, 0.29) is 11.9 Å². The van der Waals surface area contributed by atoms with Gasteiger partial charge in [0, 0.05) is 37.4 Å². The molecule has 4 heteroatoms. The van der Waals surface area contributed by atoms with Crippen LogP contribution < -0.4 is 4.90 Å². The summed E-state index contributed by atoms with van der Waals surface area (Å²) >= 11 is 0. The summed E-state index contributed by atoms with van der Waals surface area (Å²) < 4.78 is 5.04. The van der Waals surface area contributed by atoms with E-state index in [0.29, 0.717) is 18.0 Å². The zero-order valence-electron chi connectivity index (χ0n) is 14.9. The summed E-state index contributed by atoms with van der Waals surface area (Å²) in [6.07, 6.45) is 3.06. The Bertz CT molecular complexity index is 706. The molecule has 1 saturated heterocycles. The average Bonchev–Trinajstić information content (AvgIpc) is 3.08. The number of amides is 1. The zero-order valence-corrected chi connectivity index (χ0v) is 14.9. The molecule has 2 heterocycles. The number of nitrogens with zero attached hydrogens (tertiary/aromatic N) is 2. The number of hydrogen-bond acceptors (Lipinski definition) is 3. The number of carbonyl (C=O) groups excluding carboxylic acids is 1. The van der Waals surface area contributed by atoms with Gasteiger partial charge in [0.05, 0.1) is 11.8 Å². The Labute approximate surface area is 144 Å². The van der Waals surface area contributed by atoms with Crippen molar-refractivity contribution in [2.75, 3.05) is 24.5 Å². The number of hydrogen-bond donors (Lipinski definition) is 0. The monoisotopic (exact) mass is 325 g/mol. The van der Waals surface area contributed by atoms with E-state index in [2.05, 4.69) is 50.8 Å². The van der Waals surface area contributed by atoms with Crippen LogP contribution in [0, 0.1) is 13.0 Å². The fourth-order valence-electron chi connectivity index (χ4n) is 3.23. The lowest BCUT2D eigenvalue weighted by molar-refractivity contribution is 0.0673. The molecule has 4 nitrogen and oxygen atoms in total. The summed E-state index contributed by atoms with van der Waals surface area (Å²) in [5, 5.41) is 0. The molecule has 0 unspecified atom stereocenters. The van der Waals surface area contributed by atoms with E-state index >= 15 is 0 Å². The van der Waals surface area contributed by atoms with Crippen LogP contribution >= 0.6 is 0 Å². The molecule has 0 N–H and O–H groups in total. The van der Waals surface area contributed by atoms with Gasteiger partial charge in [0.25, 0.3) is 5.91 Å². The predicted molar refractivity (Wildman–Crippen MR) is 95.5 cm³/mol. The zero-order chi connectivity index (χ0) is 17.3. The number of benzene rings is 1. The van der Waals surface area contributed by atoms with E-state index in [0.717, 1.165) is 18.8 Å². The third kappa shape index (κ3) is 3.32.